The third-order valence-corrected chi connectivity index (χ3v) is 4.87. The molecule has 4 nitrogen and oxygen atoms in total. The Hall–Kier alpha value is -1.17. The zero-order valence-corrected chi connectivity index (χ0v) is 10.9. The molecule has 1 aliphatic rings. The lowest BCUT2D eigenvalue weighted by atomic mass is 10.2. The van der Waals surface area contributed by atoms with Crippen LogP contribution in [0.4, 0.5) is 0 Å². The van der Waals surface area contributed by atoms with Gasteiger partial charge >= 0.3 is 0 Å². The van der Waals surface area contributed by atoms with E-state index in [4.69, 9.17) is 5.11 Å². The van der Waals surface area contributed by atoms with Crippen molar-refractivity contribution in [2.75, 3.05) is 6.54 Å². The van der Waals surface area contributed by atoms with E-state index in [2.05, 4.69) is 6.58 Å². The summed E-state index contributed by atoms with van der Waals surface area (Å²) in [4.78, 5) is 0.239. The van der Waals surface area contributed by atoms with Crippen molar-refractivity contribution in [2.24, 2.45) is 0 Å². The Morgan fingerprint density at radius 2 is 2.17 bits per heavy atom. The lowest BCUT2D eigenvalue weighted by molar-refractivity contribution is 0.281. The van der Waals surface area contributed by atoms with Crippen LogP contribution in [-0.4, -0.2) is 30.4 Å². The topological polar surface area (TPSA) is 57.6 Å². The summed E-state index contributed by atoms with van der Waals surface area (Å²) in [7, 11) is -3.48. The maximum atomic E-state index is 12.5. The Bertz CT molecular complexity index is 535. The highest BCUT2D eigenvalue weighted by molar-refractivity contribution is 7.89. The molecule has 0 heterocycles. The molecule has 0 aliphatic heterocycles. The van der Waals surface area contributed by atoms with E-state index in [1.54, 1.807) is 24.3 Å². The molecular formula is C13H17NO3S. The standard InChI is InChI=1S/C13H17NO3S/c1-2-8-14(12-6-7-12)18(16,17)13-5-3-4-11(9-13)10-15/h2-5,9,12,15H,1,6-8,10H2. The Kier molecular flexibility index (Phi) is 3.85. The van der Waals surface area contributed by atoms with Gasteiger partial charge in [-0.2, -0.15) is 4.31 Å². The van der Waals surface area contributed by atoms with Crippen LogP contribution >= 0.6 is 0 Å². The van der Waals surface area contributed by atoms with Crippen molar-refractivity contribution in [3.8, 4) is 0 Å². The van der Waals surface area contributed by atoms with Gasteiger partial charge in [0, 0.05) is 12.6 Å². The molecule has 98 valence electrons. The first-order valence-corrected chi connectivity index (χ1v) is 7.36. The SMILES string of the molecule is C=CCN(C1CC1)S(=O)(=O)c1cccc(CO)c1. The van der Waals surface area contributed by atoms with Gasteiger partial charge in [0.1, 0.15) is 0 Å². The van der Waals surface area contributed by atoms with Crippen LogP contribution in [0.3, 0.4) is 0 Å². The van der Waals surface area contributed by atoms with Gasteiger partial charge in [0.05, 0.1) is 11.5 Å². The van der Waals surface area contributed by atoms with E-state index in [9.17, 15) is 8.42 Å². The second-order valence-electron chi connectivity index (χ2n) is 4.40. The van der Waals surface area contributed by atoms with Crippen LogP contribution < -0.4 is 0 Å². The normalized spacial score (nSPS) is 15.9. The van der Waals surface area contributed by atoms with Crippen LogP contribution in [0.5, 0.6) is 0 Å². The summed E-state index contributed by atoms with van der Waals surface area (Å²) in [6.45, 7) is 3.78. The molecule has 0 unspecified atom stereocenters. The van der Waals surface area contributed by atoms with Gasteiger partial charge in [-0.15, -0.1) is 6.58 Å². The van der Waals surface area contributed by atoms with Crippen molar-refractivity contribution >= 4 is 10.0 Å². The van der Waals surface area contributed by atoms with Crippen molar-refractivity contribution < 1.29 is 13.5 Å². The van der Waals surface area contributed by atoms with Gasteiger partial charge in [0.15, 0.2) is 0 Å². The molecule has 0 amide bonds. The van der Waals surface area contributed by atoms with E-state index >= 15 is 0 Å². The average molecular weight is 267 g/mol. The van der Waals surface area contributed by atoms with Crippen LogP contribution in [0.1, 0.15) is 18.4 Å². The van der Waals surface area contributed by atoms with E-state index in [0.717, 1.165) is 12.8 Å². The molecule has 1 saturated carbocycles. The Balaban J connectivity index is 2.35. The fourth-order valence-electron chi connectivity index (χ4n) is 1.87. The molecule has 2 rings (SSSR count). The minimum absolute atomic E-state index is 0.103. The first kappa shape index (κ1) is 13.3. The molecule has 1 aromatic carbocycles. The third-order valence-electron chi connectivity index (χ3n) is 2.95. The van der Waals surface area contributed by atoms with Crippen molar-refractivity contribution in [1.29, 1.82) is 0 Å². The molecule has 0 aromatic heterocycles. The van der Waals surface area contributed by atoms with Crippen molar-refractivity contribution in [3.05, 3.63) is 42.5 Å². The summed E-state index contributed by atoms with van der Waals surface area (Å²) < 4.78 is 26.4. The van der Waals surface area contributed by atoms with Gasteiger partial charge in [-0.3, -0.25) is 0 Å². The molecule has 0 saturated heterocycles. The zero-order valence-electron chi connectivity index (χ0n) is 10.1. The lowest BCUT2D eigenvalue weighted by Crippen LogP contribution is -2.33. The fourth-order valence-corrected chi connectivity index (χ4v) is 3.60. The summed E-state index contributed by atoms with van der Waals surface area (Å²) in [6.07, 6.45) is 3.42. The molecule has 1 aliphatic carbocycles. The van der Waals surface area contributed by atoms with Gasteiger partial charge in [0.25, 0.3) is 0 Å². The molecule has 0 radical (unpaired) electrons. The van der Waals surface area contributed by atoms with Crippen molar-refractivity contribution in [1.82, 2.24) is 4.31 Å². The van der Waals surface area contributed by atoms with Crippen LogP contribution in [0.25, 0.3) is 0 Å². The zero-order chi connectivity index (χ0) is 13.2. The Morgan fingerprint density at radius 1 is 1.44 bits per heavy atom. The molecule has 0 atom stereocenters. The predicted octanol–water partition coefficient (Wildman–Crippen LogP) is 1.52. The summed E-state index contributed by atoms with van der Waals surface area (Å²) in [6, 6.07) is 6.54. The van der Waals surface area contributed by atoms with Gasteiger partial charge in [-0.1, -0.05) is 18.2 Å². The van der Waals surface area contributed by atoms with Gasteiger partial charge < -0.3 is 5.11 Å². The molecule has 18 heavy (non-hydrogen) atoms. The number of rotatable bonds is 6. The highest BCUT2D eigenvalue weighted by Gasteiger charge is 2.37. The number of hydrogen-bond donors (Lipinski definition) is 1. The first-order valence-electron chi connectivity index (χ1n) is 5.92. The van der Waals surface area contributed by atoms with Gasteiger partial charge in [-0.25, -0.2) is 8.42 Å². The average Bonchev–Trinajstić information content (AvgIpc) is 3.20. The number of benzene rings is 1. The fraction of sp³-hybridized carbons (Fsp3) is 0.385. The minimum atomic E-state index is -3.48. The predicted molar refractivity (Wildman–Crippen MR) is 69.5 cm³/mol. The van der Waals surface area contributed by atoms with Crippen LogP contribution in [0, 0.1) is 0 Å². The number of hydrogen-bond acceptors (Lipinski definition) is 3. The second kappa shape index (κ2) is 5.22. The minimum Gasteiger partial charge on any atom is -0.392 e. The smallest absolute Gasteiger partial charge is 0.243 e. The number of sulfonamides is 1. The second-order valence-corrected chi connectivity index (χ2v) is 6.29. The molecule has 0 spiro atoms. The third kappa shape index (κ3) is 2.63. The van der Waals surface area contributed by atoms with Crippen LogP contribution in [0.15, 0.2) is 41.8 Å². The van der Waals surface area contributed by atoms with Crippen LogP contribution in [-0.2, 0) is 16.6 Å². The molecule has 0 bridgehead atoms. The van der Waals surface area contributed by atoms with E-state index in [-0.39, 0.29) is 17.5 Å². The highest BCUT2D eigenvalue weighted by atomic mass is 32.2. The number of nitrogens with zero attached hydrogens (tertiary/aromatic N) is 1. The summed E-state index contributed by atoms with van der Waals surface area (Å²) in [5.41, 5.74) is 0.602. The quantitative estimate of drug-likeness (QED) is 0.795. The first-order chi connectivity index (χ1) is 8.59. The van der Waals surface area contributed by atoms with E-state index in [0.29, 0.717) is 12.1 Å². The number of aliphatic hydroxyl groups is 1. The largest absolute Gasteiger partial charge is 0.392 e. The van der Waals surface area contributed by atoms with Gasteiger partial charge in [0.2, 0.25) is 10.0 Å². The van der Waals surface area contributed by atoms with Gasteiger partial charge in [-0.05, 0) is 30.5 Å². The molecular weight excluding hydrogens is 250 g/mol. The molecule has 1 N–H and O–H groups in total. The molecule has 1 fully saturated rings. The Morgan fingerprint density at radius 3 is 2.72 bits per heavy atom. The highest BCUT2D eigenvalue weighted by Crippen LogP contribution is 2.32. The summed E-state index contributed by atoms with van der Waals surface area (Å²) >= 11 is 0. The van der Waals surface area contributed by atoms with E-state index in [1.165, 1.54) is 10.4 Å². The van der Waals surface area contributed by atoms with E-state index in [1.807, 2.05) is 0 Å². The lowest BCUT2D eigenvalue weighted by Gasteiger charge is -2.20. The maximum absolute atomic E-state index is 12.5. The van der Waals surface area contributed by atoms with Crippen molar-refractivity contribution in [2.45, 2.75) is 30.4 Å². The molecule has 5 heteroatoms. The molecule has 1 aromatic rings. The van der Waals surface area contributed by atoms with Crippen molar-refractivity contribution in [3.63, 3.8) is 0 Å². The maximum Gasteiger partial charge on any atom is 0.243 e. The van der Waals surface area contributed by atoms with E-state index < -0.39 is 10.0 Å². The monoisotopic (exact) mass is 267 g/mol. The Labute approximate surface area is 108 Å². The summed E-state index contributed by atoms with van der Waals surface area (Å²) in [5, 5.41) is 9.07. The van der Waals surface area contributed by atoms with Crippen LogP contribution in [0.2, 0.25) is 0 Å². The summed E-state index contributed by atoms with van der Waals surface area (Å²) in [5.74, 6) is 0. The number of aliphatic hydroxyl groups excluding tert-OH is 1.